The number of methoxy groups -OCH3 is 1. The Balaban J connectivity index is 2.03. The number of hydrogen-bond acceptors (Lipinski definition) is 7. The molecule has 0 amide bonds. The number of likely N-dealkylation sites (N-methyl/N-ethyl adjacent to an activating group) is 1. The predicted molar refractivity (Wildman–Crippen MR) is 83.9 cm³/mol. The van der Waals surface area contributed by atoms with E-state index in [0.717, 1.165) is 32.5 Å². The van der Waals surface area contributed by atoms with Crippen LogP contribution in [0, 0.1) is 0 Å². The summed E-state index contributed by atoms with van der Waals surface area (Å²) in [5.74, 6) is 1.15. The maximum atomic E-state index is 5.15. The predicted octanol–water partition coefficient (Wildman–Crippen LogP) is 1.60. The monoisotopic (exact) mass is 294 g/mol. The molecule has 1 fully saturated rings. The Hall–Kier alpha value is -1.63. The van der Waals surface area contributed by atoms with Gasteiger partial charge in [-0.1, -0.05) is 13.8 Å². The van der Waals surface area contributed by atoms with Gasteiger partial charge in [0.1, 0.15) is 0 Å². The maximum absolute atomic E-state index is 5.15. The minimum atomic E-state index is 0.342. The van der Waals surface area contributed by atoms with Crippen LogP contribution < -0.4 is 15.4 Å². The quantitative estimate of drug-likeness (QED) is 0.791. The Morgan fingerprint density at radius 2 is 2.05 bits per heavy atom. The van der Waals surface area contributed by atoms with Gasteiger partial charge in [0.25, 0.3) is 0 Å². The van der Waals surface area contributed by atoms with Gasteiger partial charge in [-0.2, -0.15) is 15.0 Å². The molecule has 2 heterocycles. The molecule has 1 atom stereocenters. The summed E-state index contributed by atoms with van der Waals surface area (Å²) in [4.78, 5) is 15.4. The first-order valence-electron chi connectivity index (χ1n) is 7.78. The molecule has 7 nitrogen and oxygen atoms in total. The number of nitrogens with zero attached hydrogens (tertiary/aromatic N) is 4. The van der Waals surface area contributed by atoms with Gasteiger partial charge in [-0.15, -0.1) is 0 Å². The lowest BCUT2D eigenvalue weighted by Crippen LogP contribution is -2.42. The van der Waals surface area contributed by atoms with Crippen molar-refractivity contribution >= 4 is 11.9 Å². The number of aromatic nitrogens is 3. The van der Waals surface area contributed by atoms with Gasteiger partial charge in [0.15, 0.2) is 0 Å². The zero-order valence-corrected chi connectivity index (χ0v) is 13.2. The largest absolute Gasteiger partial charge is 0.467 e. The molecule has 2 N–H and O–H groups in total. The second kappa shape index (κ2) is 7.97. The first-order valence-corrected chi connectivity index (χ1v) is 7.78. The highest BCUT2D eigenvalue weighted by Crippen LogP contribution is 2.16. The molecule has 1 unspecified atom stereocenters. The number of piperidine rings is 1. The van der Waals surface area contributed by atoms with Crippen LogP contribution in [0.3, 0.4) is 0 Å². The molecule has 7 heteroatoms. The summed E-state index contributed by atoms with van der Waals surface area (Å²) in [7, 11) is 1.57. The topological polar surface area (TPSA) is 75.2 Å². The third-order valence-corrected chi connectivity index (χ3v) is 3.62. The second-order valence-corrected chi connectivity index (χ2v) is 5.27. The van der Waals surface area contributed by atoms with Gasteiger partial charge in [-0.25, -0.2) is 0 Å². The summed E-state index contributed by atoms with van der Waals surface area (Å²) in [6.07, 6.45) is 3.36. The first kappa shape index (κ1) is 15.8. The van der Waals surface area contributed by atoms with E-state index >= 15 is 0 Å². The maximum Gasteiger partial charge on any atom is 0.322 e. The number of nitrogens with one attached hydrogen (secondary N) is 2. The summed E-state index contributed by atoms with van der Waals surface area (Å²) in [6, 6.07) is 0.721. The van der Waals surface area contributed by atoms with E-state index in [1.807, 2.05) is 0 Å². The summed E-state index contributed by atoms with van der Waals surface area (Å²) >= 11 is 0. The van der Waals surface area contributed by atoms with Crippen molar-refractivity contribution in [2.75, 3.05) is 43.9 Å². The van der Waals surface area contributed by atoms with Gasteiger partial charge in [-0.05, 0) is 32.4 Å². The lowest BCUT2D eigenvalue weighted by molar-refractivity contribution is 0.226. The smallest absolute Gasteiger partial charge is 0.322 e. The fourth-order valence-corrected chi connectivity index (χ4v) is 2.47. The molecule has 21 heavy (non-hydrogen) atoms. The third kappa shape index (κ3) is 4.70. The molecule has 1 aromatic heterocycles. The van der Waals surface area contributed by atoms with Crippen molar-refractivity contribution in [1.29, 1.82) is 0 Å². The molecular formula is C14H26N6O. The normalized spacial score (nSPS) is 19.3. The van der Waals surface area contributed by atoms with Crippen LogP contribution in [0.25, 0.3) is 0 Å². The van der Waals surface area contributed by atoms with Crippen LogP contribution >= 0.6 is 0 Å². The van der Waals surface area contributed by atoms with E-state index in [1.54, 1.807) is 7.11 Å². The van der Waals surface area contributed by atoms with Crippen LogP contribution in [0.1, 0.15) is 33.1 Å². The van der Waals surface area contributed by atoms with Crippen LogP contribution in [0.4, 0.5) is 11.9 Å². The van der Waals surface area contributed by atoms with Crippen molar-refractivity contribution in [3.63, 3.8) is 0 Å². The van der Waals surface area contributed by atoms with Crippen molar-refractivity contribution in [1.82, 2.24) is 19.9 Å². The molecule has 0 saturated carbocycles. The third-order valence-electron chi connectivity index (χ3n) is 3.62. The van der Waals surface area contributed by atoms with E-state index < -0.39 is 0 Å². The molecule has 1 aliphatic rings. The average Bonchev–Trinajstić information content (AvgIpc) is 2.52. The van der Waals surface area contributed by atoms with E-state index in [1.165, 1.54) is 13.0 Å². The number of anilines is 2. The molecule has 1 saturated heterocycles. The number of hydrogen-bond donors (Lipinski definition) is 2. The van der Waals surface area contributed by atoms with Gasteiger partial charge in [0.2, 0.25) is 11.9 Å². The Bertz CT molecular complexity index is 441. The van der Waals surface area contributed by atoms with Gasteiger partial charge < -0.3 is 20.3 Å². The Morgan fingerprint density at radius 1 is 1.24 bits per heavy atom. The number of likely N-dealkylation sites (tertiary alicyclic amines) is 1. The molecule has 0 bridgehead atoms. The average molecular weight is 294 g/mol. The van der Waals surface area contributed by atoms with E-state index in [2.05, 4.69) is 44.3 Å². The summed E-state index contributed by atoms with van der Waals surface area (Å²) in [5, 5.41) is 6.59. The number of ether oxygens (including phenoxy) is 1. The van der Waals surface area contributed by atoms with Crippen molar-refractivity contribution in [2.24, 2.45) is 0 Å². The van der Waals surface area contributed by atoms with Crippen molar-refractivity contribution in [2.45, 2.75) is 39.2 Å². The zero-order chi connectivity index (χ0) is 15.1. The molecule has 0 aromatic carbocycles. The fourth-order valence-electron chi connectivity index (χ4n) is 2.47. The van der Waals surface area contributed by atoms with Crippen molar-refractivity contribution in [3.8, 4) is 6.01 Å². The van der Waals surface area contributed by atoms with E-state index in [9.17, 15) is 0 Å². The molecule has 2 rings (SSSR count). The Kier molecular flexibility index (Phi) is 5.98. The molecule has 118 valence electrons. The summed E-state index contributed by atoms with van der Waals surface area (Å²) in [5.41, 5.74) is 0. The van der Waals surface area contributed by atoms with Crippen LogP contribution in [0.2, 0.25) is 0 Å². The standard InChI is InChI=1S/C14H26N6O/c1-4-8-15-12-17-13(19-14(18-12)21-3)16-11-7-6-9-20(5-2)10-11/h11H,4-10H2,1-3H3,(H2,15,16,17,18,19). The van der Waals surface area contributed by atoms with Crippen LogP contribution in [0.5, 0.6) is 6.01 Å². The van der Waals surface area contributed by atoms with Gasteiger partial charge in [-0.3, -0.25) is 0 Å². The minimum Gasteiger partial charge on any atom is -0.467 e. The highest BCUT2D eigenvalue weighted by atomic mass is 16.5. The highest BCUT2D eigenvalue weighted by molar-refractivity contribution is 5.36. The van der Waals surface area contributed by atoms with Gasteiger partial charge in [0, 0.05) is 19.1 Å². The molecule has 1 aromatic rings. The van der Waals surface area contributed by atoms with Gasteiger partial charge >= 0.3 is 6.01 Å². The summed E-state index contributed by atoms with van der Waals surface area (Å²) in [6.45, 7) is 8.43. The molecule has 0 spiro atoms. The minimum absolute atomic E-state index is 0.342. The first-order chi connectivity index (χ1) is 10.2. The second-order valence-electron chi connectivity index (χ2n) is 5.27. The lowest BCUT2D eigenvalue weighted by Gasteiger charge is -2.32. The van der Waals surface area contributed by atoms with Gasteiger partial charge in [0.05, 0.1) is 7.11 Å². The fraction of sp³-hybridized carbons (Fsp3) is 0.786. The number of rotatable bonds is 7. The highest BCUT2D eigenvalue weighted by Gasteiger charge is 2.20. The van der Waals surface area contributed by atoms with Crippen LogP contribution in [-0.4, -0.2) is 59.2 Å². The Labute approximate surface area is 126 Å². The van der Waals surface area contributed by atoms with E-state index in [-0.39, 0.29) is 0 Å². The van der Waals surface area contributed by atoms with E-state index in [4.69, 9.17) is 4.74 Å². The zero-order valence-electron chi connectivity index (χ0n) is 13.2. The van der Waals surface area contributed by atoms with E-state index in [0.29, 0.717) is 23.9 Å². The van der Waals surface area contributed by atoms with Crippen molar-refractivity contribution in [3.05, 3.63) is 0 Å². The SMILES string of the molecule is CCCNc1nc(NC2CCCN(CC)C2)nc(OC)n1. The molecule has 0 aliphatic carbocycles. The lowest BCUT2D eigenvalue weighted by atomic mass is 10.1. The summed E-state index contributed by atoms with van der Waals surface area (Å²) < 4.78 is 5.15. The molecule has 0 radical (unpaired) electrons. The van der Waals surface area contributed by atoms with Crippen LogP contribution in [-0.2, 0) is 0 Å². The molecular weight excluding hydrogens is 268 g/mol. The molecule has 1 aliphatic heterocycles. The van der Waals surface area contributed by atoms with Crippen LogP contribution in [0.15, 0.2) is 0 Å². The Morgan fingerprint density at radius 3 is 2.76 bits per heavy atom. The van der Waals surface area contributed by atoms with Crippen molar-refractivity contribution < 1.29 is 4.74 Å².